The summed E-state index contributed by atoms with van der Waals surface area (Å²) in [6, 6.07) is 5.99. The molecule has 1 fully saturated rings. The lowest BCUT2D eigenvalue weighted by Crippen LogP contribution is -2.39. The summed E-state index contributed by atoms with van der Waals surface area (Å²) in [5.74, 6) is -0.290. The lowest BCUT2D eigenvalue weighted by Gasteiger charge is -2.30. The number of allylic oxidation sites excluding steroid dienone is 2. The maximum absolute atomic E-state index is 12.2. The van der Waals surface area contributed by atoms with Crippen molar-refractivity contribution in [2.75, 3.05) is 18.8 Å². The van der Waals surface area contributed by atoms with E-state index >= 15 is 0 Å². The van der Waals surface area contributed by atoms with Gasteiger partial charge in [-0.15, -0.1) is 0 Å². The van der Waals surface area contributed by atoms with Crippen LogP contribution in [0.5, 0.6) is 0 Å². The summed E-state index contributed by atoms with van der Waals surface area (Å²) in [5, 5.41) is 2.82. The molecule has 0 aliphatic carbocycles. The number of amides is 2. The van der Waals surface area contributed by atoms with E-state index in [1.54, 1.807) is 0 Å². The van der Waals surface area contributed by atoms with Gasteiger partial charge in [-0.3, -0.25) is 24.1 Å². The average Bonchev–Trinajstić information content (AvgIpc) is 3.01. The van der Waals surface area contributed by atoms with Gasteiger partial charge in [0, 0.05) is 25.7 Å². The van der Waals surface area contributed by atoms with Crippen molar-refractivity contribution in [3.05, 3.63) is 46.7 Å². The molecule has 3 rings (SSSR count). The number of nitrogens with one attached hydrogen (secondary N) is 1. The summed E-state index contributed by atoms with van der Waals surface area (Å²) in [4.78, 5) is 49.8. The molecule has 0 unspecified atom stereocenters. The van der Waals surface area contributed by atoms with Crippen molar-refractivity contribution in [3.63, 3.8) is 0 Å². The highest BCUT2D eigenvalue weighted by Gasteiger charge is 2.28. The smallest absolute Gasteiger partial charge is 0.240 e. The van der Waals surface area contributed by atoms with Crippen LogP contribution < -0.4 is 5.32 Å². The second-order valence-corrected chi connectivity index (χ2v) is 8.49. The number of thioether (sulfide) groups is 1. The minimum atomic E-state index is -0.268. The first kappa shape index (κ1) is 21.2. The molecule has 0 bridgehead atoms. The molecule has 1 saturated heterocycles. The minimum absolute atomic E-state index is 0.0675. The number of ketones is 1. The Morgan fingerprint density at radius 3 is 2.76 bits per heavy atom. The molecule has 0 spiro atoms. The van der Waals surface area contributed by atoms with Crippen molar-refractivity contribution in [2.45, 2.75) is 26.4 Å². The number of aldehydes is 1. The van der Waals surface area contributed by atoms with Gasteiger partial charge in [0.25, 0.3) is 0 Å². The van der Waals surface area contributed by atoms with Gasteiger partial charge in [0.1, 0.15) is 10.9 Å². The van der Waals surface area contributed by atoms with Crippen LogP contribution in [0.2, 0.25) is 0 Å². The topological polar surface area (TPSA) is 86.8 Å². The van der Waals surface area contributed by atoms with Gasteiger partial charge in [-0.25, -0.2) is 0 Å². The summed E-state index contributed by atoms with van der Waals surface area (Å²) in [5.41, 5.74) is 3.55. The second kappa shape index (κ2) is 9.32. The second-order valence-electron chi connectivity index (χ2n) is 6.88. The highest BCUT2D eigenvalue weighted by atomic mass is 32.2. The standard InChI is InChI=1S/C20H21N3O4S2/c1-13(25)6-17(11-24)22-5-4-15-3-2-14(7-16(15)9-22)8-21-18(26)10-23-19(27)12-29-20(23)28/h2-3,6-7,11H,4-5,8-10,12H2,1H3,(H,21,26). The van der Waals surface area contributed by atoms with Gasteiger partial charge in [-0.2, -0.15) is 0 Å². The molecular weight excluding hydrogens is 410 g/mol. The molecule has 152 valence electrons. The summed E-state index contributed by atoms with van der Waals surface area (Å²) in [7, 11) is 0. The number of hydrogen-bond acceptors (Lipinski definition) is 7. The van der Waals surface area contributed by atoms with Gasteiger partial charge >= 0.3 is 0 Å². The van der Waals surface area contributed by atoms with Crippen LogP contribution in [0.3, 0.4) is 0 Å². The summed E-state index contributed by atoms with van der Waals surface area (Å²) in [6.07, 6.45) is 2.83. The molecule has 9 heteroatoms. The van der Waals surface area contributed by atoms with Gasteiger partial charge in [-0.1, -0.05) is 42.2 Å². The zero-order valence-corrected chi connectivity index (χ0v) is 17.6. The molecule has 1 aromatic rings. The number of hydrogen-bond donors (Lipinski definition) is 1. The molecule has 2 aliphatic heterocycles. The monoisotopic (exact) mass is 431 g/mol. The molecular formula is C20H21N3O4S2. The van der Waals surface area contributed by atoms with Gasteiger partial charge in [0.05, 0.1) is 11.4 Å². The number of benzene rings is 1. The summed E-state index contributed by atoms with van der Waals surface area (Å²) in [6.45, 7) is 2.88. The highest BCUT2D eigenvalue weighted by molar-refractivity contribution is 8.23. The number of carbonyl (C=O) groups is 4. The van der Waals surface area contributed by atoms with E-state index < -0.39 is 0 Å². The van der Waals surface area contributed by atoms with E-state index in [2.05, 4.69) is 5.32 Å². The fraction of sp³-hybridized carbons (Fsp3) is 0.350. The molecule has 0 aromatic heterocycles. The molecule has 2 aliphatic rings. The van der Waals surface area contributed by atoms with Crippen LogP contribution in [-0.2, 0) is 38.7 Å². The van der Waals surface area contributed by atoms with E-state index in [0.29, 0.717) is 35.9 Å². The van der Waals surface area contributed by atoms with Crippen molar-refractivity contribution in [2.24, 2.45) is 0 Å². The van der Waals surface area contributed by atoms with Crippen molar-refractivity contribution >= 4 is 52.2 Å². The first-order valence-electron chi connectivity index (χ1n) is 9.14. The number of thiocarbonyl (C=S) groups is 1. The van der Waals surface area contributed by atoms with Crippen LogP contribution in [0.15, 0.2) is 30.0 Å². The van der Waals surface area contributed by atoms with Crippen LogP contribution in [0.1, 0.15) is 23.6 Å². The third-order valence-electron chi connectivity index (χ3n) is 4.75. The predicted molar refractivity (Wildman–Crippen MR) is 114 cm³/mol. The zero-order valence-electron chi connectivity index (χ0n) is 16.0. The molecule has 0 radical (unpaired) electrons. The Labute approximate surface area is 178 Å². The first-order valence-corrected chi connectivity index (χ1v) is 10.5. The van der Waals surface area contributed by atoms with Gasteiger partial charge in [0.15, 0.2) is 12.1 Å². The Hall–Kier alpha value is -2.52. The molecule has 29 heavy (non-hydrogen) atoms. The number of carbonyl (C=O) groups excluding carboxylic acids is 4. The minimum Gasteiger partial charge on any atom is -0.364 e. The molecule has 0 atom stereocenters. The van der Waals surface area contributed by atoms with Gasteiger partial charge < -0.3 is 10.2 Å². The molecule has 1 aromatic carbocycles. The Morgan fingerprint density at radius 1 is 1.31 bits per heavy atom. The van der Waals surface area contributed by atoms with Crippen LogP contribution in [-0.4, -0.2) is 56.8 Å². The normalized spacial score (nSPS) is 16.7. The van der Waals surface area contributed by atoms with Gasteiger partial charge in [-0.05, 0) is 30.0 Å². The van der Waals surface area contributed by atoms with Crippen LogP contribution in [0.25, 0.3) is 0 Å². The largest absolute Gasteiger partial charge is 0.364 e. The molecule has 2 amide bonds. The molecule has 2 heterocycles. The van der Waals surface area contributed by atoms with Crippen molar-refractivity contribution in [1.29, 1.82) is 0 Å². The Balaban J connectivity index is 1.62. The van der Waals surface area contributed by atoms with Crippen LogP contribution >= 0.6 is 24.0 Å². The fourth-order valence-corrected chi connectivity index (χ4v) is 4.35. The maximum Gasteiger partial charge on any atom is 0.240 e. The van der Waals surface area contributed by atoms with E-state index in [0.717, 1.165) is 17.5 Å². The Morgan fingerprint density at radius 2 is 2.10 bits per heavy atom. The fourth-order valence-electron chi connectivity index (χ4n) is 3.28. The lowest BCUT2D eigenvalue weighted by atomic mass is 9.97. The van der Waals surface area contributed by atoms with Crippen LogP contribution in [0, 0.1) is 0 Å². The SMILES string of the molecule is CC(=O)C=C(C=O)N1CCc2ccc(CNC(=O)CN3C(=O)CSC3=S)cc2C1. The quantitative estimate of drug-likeness (QED) is 0.394. The van der Waals surface area contributed by atoms with Crippen LogP contribution in [0.4, 0.5) is 0 Å². The summed E-state index contributed by atoms with van der Waals surface area (Å²) < 4.78 is 0.434. The number of nitrogens with zero attached hydrogens (tertiary/aromatic N) is 2. The van der Waals surface area contributed by atoms with E-state index in [-0.39, 0.29) is 29.9 Å². The first-order chi connectivity index (χ1) is 13.9. The number of rotatable bonds is 7. The highest BCUT2D eigenvalue weighted by Crippen LogP contribution is 2.23. The van der Waals surface area contributed by atoms with Crippen molar-refractivity contribution in [3.8, 4) is 0 Å². The third kappa shape index (κ3) is 5.30. The third-order valence-corrected chi connectivity index (χ3v) is 6.18. The molecule has 0 saturated carbocycles. The average molecular weight is 432 g/mol. The van der Waals surface area contributed by atoms with Crippen molar-refractivity contribution in [1.82, 2.24) is 15.1 Å². The van der Waals surface area contributed by atoms with E-state index in [1.807, 2.05) is 23.1 Å². The molecule has 1 N–H and O–H groups in total. The van der Waals surface area contributed by atoms with Crippen molar-refractivity contribution < 1.29 is 19.2 Å². The molecule has 7 nitrogen and oxygen atoms in total. The summed E-state index contributed by atoms with van der Waals surface area (Å²) >= 11 is 6.35. The van der Waals surface area contributed by atoms with Gasteiger partial charge in [0.2, 0.25) is 11.8 Å². The Bertz CT molecular complexity index is 897. The zero-order chi connectivity index (χ0) is 21.0. The predicted octanol–water partition coefficient (Wildman–Crippen LogP) is 1.19. The van der Waals surface area contributed by atoms with E-state index in [1.165, 1.54) is 35.2 Å². The lowest BCUT2D eigenvalue weighted by molar-refractivity contribution is -0.129. The van der Waals surface area contributed by atoms with E-state index in [4.69, 9.17) is 12.2 Å². The number of fused-ring (bicyclic) bond motifs is 1. The Kier molecular flexibility index (Phi) is 6.81. The maximum atomic E-state index is 12.2. The van der Waals surface area contributed by atoms with E-state index in [9.17, 15) is 19.2 Å².